The summed E-state index contributed by atoms with van der Waals surface area (Å²) >= 11 is 0. The number of nitrogens with zero attached hydrogens (tertiary/aromatic N) is 1. The molecule has 1 aliphatic carbocycles. The number of ether oxygens (including phenoxy) is 1. The number of fused-ring (bicyclic) bond motifs is 1. The van der Waals surface area contributed by atoms with Gasteiger partial charge in [0.25, 0.3) is 0 Å². The van der Waals surface area contributed by atoms with Gasteiger partial charge in [0.05, 0.1) is 12.6 Å². The second-order valence-corrected chi connectivity index (χ2v) is 11.4. The van der Waals surface area contributed by atoms with Crippen LogP contribution in [0.2, 0.25) is 0 Å². The molecule has 2 aromatic rings. The summed E-state index contributed by atoms with van der Waals surface area (Å²) < 4.78 is 10.5. The minimum absolute atomic E-state index is 0.0855. The van der Waals surface area contributed by atoms with E-state index in [-0.39, 0.29) is 30.5 Å². The average Bonchev–Trinajstić information content (AvgIpc) is 3.63. The highest BCUT2D eigenvalue weighted by Gasteiger charge is 2.23. The topological polar surface area (TPSA) is 146 Å². The van der Waals surface area contributed by atoms with Crippen LogP contribution < -0.4 is 16.0 Å². The Morgan fingerprint density at radius 3 is 2.42 bits per heavy atom. The molecule has 0 radical (unpaired) electrons. The third-order valence-electron chi connectivity index (χ3n) is 6.62. The molecular formula is C30H50N4O6. The maximum Gasteiger partial charge on any atom is 0.407 e. The monoisotopic (exact) mass is 562 g/mol. The van der Waals surface area contributed by atoms with Crippen LogP contribution in [0.4, 0.5) is 4.79 Å². The summed E-state index contributed by atoms with van der Waals surface area (Å²) in [4.78, 5) is 27.0. The number of para-hydroxylation sites is 2. The van der Waals surface area contributed by atoms with Crippen LogP contribution in [0.3, 0.4) is 0 Å². The molecule has 0 bridgehead atoms. The predicted octanol–water partition coefficient (Wildman–Crippen LogP) is 4.60. The zero-order valence-corrected chi connectivity index (χ0v) is 24.7. The zero-order valence-electron chi connectivity index (χ0n) is 24.7. The first-order chi connectivity index (χ1) is 19.1. The van der Waals surface area contributed by atoms with Gasteiger partial charge < -0.3 is 35.3 Å². The third-order valence-corrected chi connectivity index (χ3v) is 6.62. The molecule has 226 valence electrons. The molecule has 2 atom stereocenters. The fraction of sp³-hybridized carbons (Fsp3) is 0.700. The standard InChI is InChI=1S/C14H17N3O3.C9H19NO2.C7H14O/c18-11(8-16-13(19)10-5-3-7-15-10)14-17-9-4-1-2-6-12(9)20-14;1-5-6-7-10-8(11)12-9(2,3)4;8-6-7-4-2-1-3-5-7/h1-2,4,6,10-11,15,18H,3,5,7-8H2,(H,16,19);5-7H2,1-4H3,(H,10,11);7-8H,1-6H2. The predicted molar refractivity (Wildman–Crippen MR) is 156 cm³/mol. The van der Waals surface area contributed by atoms with Crippen LogP contribution in [0.1, 0.15) is 97.5 Å². The summed E-state index contributed by atoms with van der Waals surface area (Å²) in [5.41, 5.74) is 0.937. The quantitative estimate of drug-likeness (QED) is 0.294. The van der Waals surface area contributed by atoms with Gasteiger partial charge in [-0.2, -0.15) is 0 Å². The lowest BCUT2D eigenvalue weighted by molar-refractivity contribution is -0.123. The molecular weight excluding hydrogens is 512 g/mol. The van der Waals surface area contributed by atoms with Gasteiger partial charge in [-0.3, -0.25) is 4.79 Å². The van der Waals surface area contributed by atoms with E-state index in [4.69, 9.17) is 14.3 Å². The molecule has 2 aliphatic rings. The van der Waals surface area contributed by atoms with Crippen LogP contribution >= 0.6 is 0 Å². The normalized spacial score (nSPS) is 18.1. The second-order valence-electron chi connectivity index (χ2n) is 11.4. The van der Waals surface area contributed by atoms with Crippen LogP contribution in [0.5, 0.6) is 0 Å². The summed E-state index contributed by atoms with van der Waals surface area (Å²) in [6.45, 7) is 9.73. The van der Waals surface area contributed by atoms with Crippen LogP contribution in [0, 0.1) is 5.92 Å². The van der Waals surface area contributed by atoms with Crippen molar-refractivity contribution in [1.29, 1.82) is 0 Å². The number of alkyl carbamates (subject to hydrolysis) is 1. The molecule has 5 N–H and O–H groups in total. The number of hydrogen-bond acceptors (Lipinski definition) is 8. The van der Waals surface area contributed by atoms with Gasteiger partial charge in [0.2, 0.25) is 11.8 Å². The minimum atomic E-state index is -0.937. The number of oxazole rings is 1. The Kier molecular flexibility index (Phi) is 15.0. The fourth-order valence-corrected chi connectivity index (χ4v) is 4.40. The van der Waals surface area contributed by atoms with Gasteiger partial charge >= 0.3 is 6.09 Å². The van der Waals surface area contributed by atoms with E-state index in [9.17, 15) is 14.7 Å². The minimum Gasteiger partial charge on any atom is -0.444 e. The Labute approximate surface area is 238 Å². The summed E-state index contributed by atoms with van der Waals surface area (Å²) in [7, 11) is 0. The average molecular weight is 563 g/mol. The number of hydrogen-bond donors (Lipinski definition) is 5. The maximum absolute atomic E-state index is 11.8. The molecule has 1 saturated heterocycles. The van der Waals surface area contributed by atoms with E-state index in [1.807, 2.05) is 39.0 Å². The number of aromatic nitrogens is 1. The third kappa shape index (κ3) is 13.1. The van der Waals surface area contributed by atoms with E-state index in [1.54, 1.807) is 6.07 Å². The zero-order chi connectivity index (χ0) is 29.4. The SMILES string of the molecule is CCCCNC(=O)OC(C)(C)C.O=C(NCC(O)c1nc2ccccc2o1)C1CCCN1.OCC1CCCCC1. The summed E-state index contributed by atoms with van der Waals surface area (Å²) in [6.07, 6.45) is 9.25. The van der Waals surface area contributed by atoms with Gasteiger partial charge in [-0.15, -0.1) is 0 Å². The van der Waals surface area contributed by atoms with E-state index in [1.165, 1.54) is 32.1 Å². The highest BCUT2D eigenvalue weighted by molar-refractivity contribution is 5.82. The van der Waals surface area contributed by atoms with Crippen LogP contribution in [-0.4, -0.2) is 65.1 Å². The molecule has 4 rings (SSSR count). The van der Waals surface area contributed by atoms with Crippen molar-refractivity contribution in [1.82, 2.24) is 20.9 Å². The molecule has 1 aromatic heterocycles. The summed E-state index contributed by atoms with van der Waals surface area (Å²) in [5.74, 6) is 0.785. The first-order valence-electron chi connectivity index (χ1n) is 14.7. The number of benzene rings is 1. The van der Waals surface area contributed by atoms with Gasteiger partial charge in [-0.1, -0.05) is 44.7 Å². The van der Waals surface area contributed by atoms with E-state index >= 15 is 0 Å². The number of carbonyl (C=O) groups is 2. The summed E-state index contributed by atoms with van der Waals surface area (Å²) in [6, 6.07) is 7.16. The van der Waals surface area contributed by atoms with E-state index in [0.717, 1.165) is 32.2 Å². The first kappa shape index (κ1) is 33.5. The number of amides is 2. The molecule has 0 spiro atoms. The Hall–Kier alpha value is -2.69. The number of aliphatic hydroxyl groups excluding tert-OH is 2. The molecule has 1 aromatic carbocycles. The lowest BCUT2D eigenvalue weighted by Gasteiger charge is -2.19. The fourth-order valence-electron chi connectivity index (χ4n) is 4.40. The van der Waals surface area contributed by atoms with Crippen molar-refractivity contribution in [3.8, 4) is 0 Å². The van der Waals surface area contributed by atoms with Crippen LogP contribution in [0.25, 0.3) is 11.1 Å². The Balaban J connectivity index is 0.000000238. The summed E-state index contributed by atoms with van der Waals surface area (Å²) in [5, 5.41) is 27.2. The Morgan fingerprint density at radius 2 is 1.85 bits per heavy atom. The van der Waals surface area contributed by atoms with Crippen molar-refractivity contribution in [2.24, 2.45) is 5.92 Å². The van der Waals surface area contributed by atoms with Crippen molar-refractivity contribution in [3.63, 3.8) is 0 Å². The number of carbonyl (C=O) groups excluding carboxylic acids is 2. The molecule has 1 saturated carbocycles. The molecule has 2 amide bonds. The van der Waals surface area contributed by atoms with Gasteiger partial charge in [0, 0.05) is 13.2 Å². The molecule has 10 nitrogen and oxygen atoms in total. The van der Waals surface area contributed by atoms with Crippen molar-refractivity contribution in [2.45, 2.75) is 103 Å². The van der Waals surface area contributed by atoms with E-state index in [0.29, 0.717) is 30.2 Å². The largest absolute Gasteiger partial charge is 0.444 e. The van der Waals surface area contributed by atoms with Gasteiger partial charge in [0.1, 0.15) is 17.2 Å². The number of rotatable bonds is 8. The van der Waals surface area contributed by atoms with Crippen molar-refractivity contribution in [3.05, 3.63) is 30.2 Å². The number of aliphatic hydroxyl groups is 2. The highest BCUT2D eigenvalue weighted by Crippen LogP contribution is 2.22. The maximum atomic E-state index is 11.8. The molecule has 10 heteroatoms. The van der Waals surface area contributed by atoms with Crippen molar-refractivity contribution in [2.75, 3.05) is 26.2 Å². The molecule has 2 fully saturated rings. The Morgan fingerprint density at radius 1 is 1.12 bits per heavy atom. The Bertz CT molecular complexity index is 960. The van der Waals surface area contributed by atoms with E-state index in [2.05, 4.69) is 27.9 Å². The van der Waals surface area contributed by atoms with Crippen LogP contribution in [-0.2, 0) is 9.53 Å². The first-order valence-corrected chi connectivity index (χ1v) is 14.7. The second kappa shape index (κ2) is 17.9. The van der Waals surface area contributed by atoms with E-state index < -0.39 is 11.7 Å². The molecule has 2 unspecified atom stereocenters. The van der Waals surface area contributed by atoms with Crippen molar-refractivity contribution < 1.29 is 29.0 Å². The van der Waals surface area contributed by atoms with Crippen molar-refractivity contribution >= 4 is 23.1 Å². The van der Waals surface area contributed by atoms with Gasteiger partial charge in [0.15, 0.2) is 5.58 Å². The molecule has 1 aliphatic heterocycles. The smallest absolute Gasteiger partial charge is 0.407 e. The number of unbranched alkanes of at least 4 members (excludes halogenated alkanes) is 1. The van der Waals surface area contributed by atoms with Gasteiger partial charge in [-0.05, 0) is 77.5 Å². The number of nitrogens with one attached hydrogen (secondary N) is 3. The highest BCUT2D eigenvalue weighted by atomic mass is 16.6. The molecule has 40 heavy (non-hydrogen) atoms. The lowest BCUT2D eigenvalue weighted by atomic mass is 9.90. The molecule has 2 heterocycles. The van der Waals surface area contributed by atoms with Crippen LogP contribution in [0.15, 0.2) is 28.7 Å². The lowest BCUT2D eigenvalue weighted by Crippen LogP contribution is -2.41. The van der Waals surface area contributed by atoms with Gasteiger partial charge in [-0.25, -0.2) is 9.78 Å².